The van der Waals surface area contributed by atoms with Crippen molar-refractivity contribution >= 4 is 40.7 Å². The number of amides is 1. The first-order valence-corrected chi connectivity index (χ1v) is 7.19. The summed E-state index contributed by atoms with van der Waals surface area (Å²) in [6.45, 7) is 0.909. The van der Waals surface area contributed by atoms with Crippen molar-refractivity contribution in [3.63, 3.8) is 0 Å². The van der Waals surface area contributed by atoms with Crippen molar-refractivity contribution in [2.45, 2.75) is 16.4 Å². The molecule has 0 radical (unpaired) electrons. The highest BCUT2D eigenvalue weighted by Gasteiger charge is 2.33. The number of benzene rings is 1. The van der Waals surface area contributed by atoms with Crippen LogP contribution in [0.25, 0.3) is 0 Å². The van der Waals surface area contributed by atoms with Crippen molar-refractivity contribution in [2.75, 3.05) is 20.3 Å². The molecule has 0 saturated carbocycles. The molecule has 1 aromatic rings. The number of rotatable bonds is 7. The average Bonchev–Trinajstić information content (AvgIpc) is 2.38. The molecular weight excluding hydrogens is 323 g/mol. The molecule has 7 heteroatoms. The molecule has 0 spiro atoms. The van der Waals surface area contributed by atoms with Gasteiger partial charge in [-0.05, 0) is 5.56 Å². The van der Waals surface area contributed by atoms with Gasteiger partial charge in [-0.2, -0.15) is 0 Å². The fourth-order valence-corrected chi connectivity index (χ4v) is 1.94. The van der Waals surface area contributed by atoms with Gasteiger partial charge in [0.15, 0.2) is 0 Å². The van der Waals surface area contributed by atoms with Crippen LogP contribution in [-0.2, 0) is 16.0 Å². The lowest BCUT2D eigenvalue weighted by Gasteiger charge is -2.26. The smallest absolute Gasteiger partial charge is 0.225 e. The molecule has 0 aliphatic heterocycles. The molecule has 2 N–H and O–H groups in total. The maximum absolute atomic E-state index is 11.9. The van der Waals surface area contributed by atoms with E-state index < -0.39 is 9.96 Å². The standard InChI is InChI=1S/C13H17Cl3N2O2/c1-20-8-7-17-12(13(14,15)16)18-11(19)9-10-5-3-2-4-6-10/h2-6,12,17H,7-9H2,1H3,(H,18,19)/t12-/m1/s1. The average molecular weight is 340 g/mol. The Morgan fingerprint density at radius 1 is 1.30 bits per heavy atom. The molecule has 1 amide bonds. The minimum Gasteiger partial charge on any atom is -0.383 e. The molecule has 0 aliphatic carbocycles. The van der Waals surface area contributed by atoms with Crippen LogP contribution in [0.4, 0.5) is 0 Å². The zero-order valence-electron chi connectivity index (χ0n) is 11.0. The summed E-state index contributed by atoms with van der Waals surface area (Å²) in [6.07, 6.45) is -0.553. The lowest BCUT2D eigenvalue weighted by atomic mass is 10.1. The molecule has 0 saturated heterocycles. The normalized spacial score (nSPS) is 13.0. The lowest BCUT2D eigenvalue weighted by Crippen LogP contribution is -2.54. The van der Waals surface area contributed by atoms with Crippen molar-refractivity contribution in [2.24, 2.45) is 0 Å². The van der Waals surface area contributed by atoms with Crippen LogP contribution in [0.3, 0.4) is 0 Å². The van der Waals surface area contributed by atoms with Gasteiger partial charge in [0.1, 0.15) is 6.17 Å². The zero-order valence-corrected chi connectivity index (χ0v) is 13.3. The van der Waals surface area contributed by atoms with Crippen molar-refractivity contribution in [1.82, 2.24) is 10.6 Å². The summed E-state index contributed by atoms with van der Waals surface area (Å²) in [5, 5.41) is 5.59. The Kier molecular flexibility index (Phi) is 7.62. The Balaban J connectivity index is 2.53. The quantitative estimate of drug-likeness (QED) is 0.455. The number of nitrogens with one attached hydrogen (secondary N) is 2. The summed E-state index contributed by atoms with van der Waals surface area (Å²) < 4.78 is 3.26. The van der Waals surface area contributed by atoms with Gasteiger partial charge in [-0.3, -0.25) is 10.1 Å². The van der Waals surface area contributed by atoms with Crippen molar-refractivity contribution in [3.05, 3.63) is 35.9 Å². The highest BCUT2D eigenvalue weighted by Crippen LogP contribution is 2.29. The Morgan fingerprint density at radius 3 is 2.50 bits per heavy atom. The number of carbonyl (C=O) groups is 1. The molecule has 112 valence electrons. The summed E-state index contributed by atoms with van der Waals surface area (Å²) in [6, 6.07) is 9.35. The summed E-state index contributed by atoms with van der Waals surface area (Å²) in [5.74, 6) is -0.225. The van der Waals surface area contributed by atoms with Crippen molar-refractivity contribution in [3.8, 4) is 0 Å². The highest BCUT2D eigenvalue weighted by molar-refractivity contribution is 6.68. The fourth-order valence-electron chi connectivity index (χ4n) is 1.55. The molecule has 0 aliphatic rings. The second-order valence-corrected chi connectivity index (χ2v) is 6.52. The van der Waals surface area contributed by atoms with E-state index in [0.29, 0.717) is 13.2 Å². The summed E-state index contributed by atoms with van der Waals surface area (Å²) >= 11 is 17.5. The van der Waals surface area contributed by atoms with Crippen LogP contribution in [0.5, 0.6) is 0 Å². The monoisotopic (exact) mass is 338 g/mol. The lowest BCUT2D eigenvalue weighted by molar-refractivity contribution is -0.121. The fraction of sp³-hybridized carbons (Fsp3) is 0.462. The van der Waals surface area contributed by atoms with E-state index in [1.54, 1.807) is 7.11 Å². The molecule has 0 aromatic heterocycles. The van der Waals surface area contributed by atoms with E-state index in [9.17, 15) is 4.79 Å². The predicted molar refractivity (Wildman–Crippen MR) is 82.2 cm³/mol. The Hall–Kier alpha value is -0.520. The first-order valence-electron chi connectivity index (χ1n) is 6.06. The number of ether oxygens (including phenoxy) is 1. The minimum atomic E-state index is -1.64. The largest absolute Gasteiger partial charge is 0.383 e. The maximum atomic E-state index is 11.9. The van der Waals surface area contributed by atoms with Crippen LogP contribution in [0, 0.1) is 0 Å². The molecule has 20 heavy (non-hydrogen) atoms. The molecule has 0 heterocycles. The topological polar surface area (TPSA) is 50.4 Å². The number of hydrogen-bond donors (Lipinski definition) is 2. The van der Waals surface area contributed by atoms with Gasteiger partial charge >= 0.3 is 0 Å². The van der Waals surface area contributed by atoms with Crippen molar-refractivity contribution < 1.29 is 9.53 Å². The first kappa shape index (κ1) is 17.5. The van der Waals surface area contributed by atoms with E-state index in [-0.39, 0.29) is 12.3 Å². The molecular formula is C13H17Cl3N2O2. The van der Waals surface area contributed by atoms with E-state index in [1.807, 2.05) is 30.3 Å². The zero-order chi connectivity index (χ0) is 15.0. The van der Waals surface area contributed by atoms with Crippen LogP contribution >= 0.6 is 34.8 Å². The molecule has 1 aromatic carbocycles. The molecule has 0 bridgehead atoms. The van der Waals surface area contributed by atoms with Crippen molar-refractivity contribution in [1.29, 1.82) is 0 Å². The third-order valence-corrected chi connectivity index (χ3v) is 3.15. The number of carbonyl (C=O) groups excluding carboxylic acids is 1. The van der Waals surface area contributed by atoms with Gasteiger partial charge < -0.3 is 10.1 Å². The second-order valence-electron chi connectivity index (χ2n) is 4.15. The SMILES string of the molecule is COCCN[C@H](NC(=O)Cc1ccccc1)C(Cl)(Cl)Cl. The number of alkyl halides is 3. The maximum Gasteiger partial charge on any atom is 0.225 e. The highest BCUT2D eigenvalue weighted by atomic mass is 35.6. The summed E-state index contributed by atoms with van der Waals surface area (Å²) in [7, 11) is 1.57. The van der Waals surface area contributed by atoms with Crippen LogP contribution in [0.1, 0.15) is 5.56 Å². The Labute approximate surface area is 133 Å². The van der Waals surface area contributed by atoms with Crippen LogP contribution in [-0.4, -0.2) is 36.1 Å². The predicted octanol–water partition coefficient (Wildman–Crippen LogP) is 2.28. The van der Waals surface area contributed by atoms with Crippen LogP contribution in [0.15, 0.2) is 30.3 Å². The van der Waals surface area contributed by atoms with Gasteiger partial charge in [0, 0.05) is 13.7 Å². The molecule has 1 atom stereocenters. The number of halogens is 3. The number of hydrogen-bond acceptors (Lipinski definition) is 3. The Morgan fingerprint density at radius 2 is 1.95 bits per heavy atom. The summed E-state index contributed by atoms with van der Waals surface area (Å²) in [4.78, 5) is 11.9. The van der Waals surface area contributed by atoms with Gasteiger partial charge in [-0.25, -0.2) is 0 Å². The van der Waals surface area contributed by atoms with Gasteiger partial charge in [0.2, 0.25) is 9.70 Å². The molecule has 0 unspecified atom stereocenters. The van der Waals surface area contributed by atoms with Gasteiger partial charge in [0.25, 0.3) is 0 Å². The number of methoxy groups -OCH3 is 1. The summed E-state index contributed by atoms with van der Waals surface area (Å²) in [5.41, 5.74) is 0.893. The third kappa shape index (κ3) is 6.77. The third-order valence-electron chi connectivity index (χ3n) is 2.49. The molecule has 4 nitrogen and oxygen atoms in total. The van der Waals surface area contributed by atoms with E-state index in [4.69, 9.17) is 39.5 Å². The van der Waals surface area contributed by atoms with Crippen LogP contribution < -0.4 is 10.6 Å². The van der Waals surface area contributed by atoms with E-state index in [1.165, 1.54) is 0 Å². The van der Waals surface area contributed by atoms with Gasteiger partial charge in [-0.15, -0.1) is 0 Å². The van der Waals surface area contributed by atoms with E-state index in [0.717, 1.165) is 5.56 Å². The minimum absolute atomic E-state index is 0.225. The second kappa shape index (κ2) is 8.70. The van der Waals surface area contributed by atoms with E-state index in [2.05, 4.69) is 10.6 Å². The Bertz CT molecular complexity index is 410. The molecule has 0 fully saturated rings. The van der Waals surface area contributed by atoms with Gasteiger partial charge in [0.05, 0.1) is 13.0 Å². The van der Waals surface area contributed by atoms with Crippen LogP contribution in [0.2, 0.25) is 0 Å². The van der Waals surface area contributed by atoms with Gasteiger partial charge in [-0.1, -0.05) is 65.1 Å². The van der Waals surface area contributed by atoms with E-state index >= 15 is 0 Å². The first-order chi connectivity index (χ1) is 9.43. The molecule has 1 rings (SSSR count).